The van der Waals surface area contributed by atoms with Crippen LogP contribution in [0.15, 0.2) is 18.2 Å². The molecule has 2 fully saturated rings. The molecule has 0 saturated carbocycles. The Hall–Kier alpha value is -2.77. The number of carbonyl (C=O) groups is 3. The highest BCUT2D eigenvalue weighted by atomic mass is 16.6. The summed E-state index contributed by atoms with van der Waals surface area (Å²) in [6, 6.07) is 5.35. The van der Waals surface area contributed by atoms with Crippen LogP contribution in [-0.2, 0) is 9.59 Å². The Balaban J connectivity index is 1.43. The van der Waals surface area contributed by atoms with Crippen LogP contribution in [0.25, 0.3) is 0 Å². The maximum atomic E-state index is 12.8. The minimum Gasteiger partial charge on any atom is -0.486 e. The number of fused-ring (bicyclic) bond motifs is 1. The molecule has 3 heterocycles. The van der Waals surface area contributed by atoms with E-state index in [0.717, 1.165) is 29.1 Å². The van der Waals surface area contributed by atoms with Gasteiger partial charge in [-0.05, 0) is 44.4 Å². The Bertz CT molecular complexity index is 822. The molecule has 2 saturated heterocycles. The van der Waals surface area contributed by atoms with Crippen molar-refractivity contribution in [3.63, 3.8) is 0 Å². The van der Waals surface area contributed by atoms with Crippen LogP contribution in [0.3, 0.4) is 0 Å². The number of hydrogen-bond donors (Lipinski definition) is 1. The van der Waals surface area contributed by atoms with E-state index in [9.17, 15) is 14.4 Å². The lowest BCUT2D eigenvalue weighted by Gasteiger charge is -2.27. The van der Waals surface area contributed by atoms with Gasteiger partial charge in [0, 0.05) is 19.5 Å². The van der Waals surface area contributed by atoms with Crippen LogP contribution in [-0.4, -0.2) is 59.5 Å². The third kappa shape index (κ3) is 3.27. The predicted octanol–water partition coefficient (Wildman–Crippen LogP) is 1.84. The number of likely N-dealkylation sites (tertiary alicyclic amines) is 1. The lowest BCUT2D eigenvalue weighted by Crippen LogP contribution is -2.41. The summed E-state index contributed by atoms with van der Waals surface area (Å²) < 4.78 is 11.2. The molecule has 1 unspecified atom stereocenters. The zero-order chi connectivity index (χ0) is 19.9. The average Bonchev–Trinajstić information content (AvgIpc) is 3.23. The van der Waals surface area contributed by atoms with Gasteiger partial charge in [0.1, 0.15) is 18.8 Å². The van der Waals surface area contributed by atoms with Gasteiger partial charge in [-0.15, -0.1) is 0 Å². The van der Waals surface area contributed by atoms with E-state index in [2.05, 4.69) is 5.32 Å². The van der Waals surface area contributed by atoms with Gasteiger partial charge in [-0.1, -0.05) is 6.07 Å². The lowest BCUT2D eigenvalue weighted by atomic mass is 10.0. The quantitative estimate of drug-likeness (QED) is 0.797. The Kier molecular flexibility index (Phi) is 4.64. The molecule has 0 radical (unpaired) electrons. The first-order valence-corrected chi connectivity index (χ1v) is 9.70. The van der Waals surface area contributed by atoms with Gasteiger partial charge in [0.2, 0.25) is 5.91 Å². The predicted molar refractivity (Wildman–Crippen MR) is 100 cm³/mol. The minimum atomic E-state index is -0.915. The summed E-state index contributed by atoms with van der Waals surface area (Å²) in [5.41, 5.74) is 0.104. The van der Waals surface area contributed by atoms with Crippen LogP contribution in [0, 0.1) is 0 Å². The monoisotopic (exact) mass is 387 g/mol. The minimum absolute atomic E-state index is 0.0251. The van der Waals surface area contributed by atoms with Crippen molar-refractivity contribution in [1.29, 1.82) is 0 Å². The Morgan fingerprint density at radius 1 is 1.21 bits per heavy atom. The van der Waals surface area contributed by atoms with Gasteiger partial charge >= 0.3 is 6.03 Å². The Labute approximate surface area is 163 Å². The number of nitrogens with zero attached hydrogens (tertiary/aromatic N) is 2. The number of rotatable bonds is 4. The summed E-state index contributed by atoms with van der Waals surface area (Å²) in [6.07, 6.45) is 1.92. The van der Waals surface area contributed by atoms with Crippen molar-refractivity contribution in [3.8, 4) is 11.5 Å². The summed E-state index contributed by atoms with van der Waals surface area (Å²) in [7, 11) is 0. The zero-order valence-corrected chi connectivity index (χ0v) is 16.2. The van der Waals surface area contributed by atoms with Crippen LogP contribution in [0.1, 0.15) is 44.7 Å². The molecule has 150 valence electrons. The summed E-state index contributed by atoms with van der Waals surface area (Å²) in [4.78, 5) is 40.1. The normalized spacial score (nSPS) is 23.1. The maximum absolute atomic E-state index is 12.8. The van der Waals surface area contributed by atoms with Crippen molar-refractivity contribution in [2.45, 2.75) is 44.7 Å². The van der Waals surface area contributed by atoms with Gasteiger partial charge in [-0.2, -0.15) is 0 Å². The van der Waals surface area contributed by atoms with Crippen LogP contribution < -0.4 is 14.8 Å². The average molecular weight is 387 g/mol. The fraction of sp³-hybridized carbons (Fsp3) is 0.550. The van der Waals surface area contributed by atoms with Crippen molar-refractivity contribution in [3.05, 3.63) is 23.8 Å². The standard InChI is InChI=1S/C20H25N3O5/c1-20(2)18(25)23(19(26)21-20)9-7-17(24)22-8-3-4-14(22)13-5-6-15-16(12-13)28-11-10-27-15/h5-6,12,14H,3-4,7-11H2,1-2H3,(H,21,26). The maximum Gasteiger partial charge on any atom is 0.325 e. The fourth-order valence-corrected chi connectivity index (χ4v) is 4.05. The summed E-state index contributed by atoms with van der Waals surface area (Å²) in [6.45, 7) is 5.15. The second-order valence-electron chi connectivity index (χ2n) is 7.91. The van der Waals surface area contributed by atoms with Crippen LogP contribution in [0.5, 0.6) is 11.5 Å². The number of imide groups is 1. The number of ether oxygens (including phenoxy) is 2. The van der Waals surface area contributed by atoms with Gasteiger partial charge in [0.05, 0.1) is 6.04 Å². The molecule has 3 aliphatic heterocycles. The SMILES string of the molecule is CC1(C)NC(=O)N(CCC(=O)N2CCCC2c2ccc3c(c2)OCCO3)C1=O. The molecule has 8 heteroatoms. The molecule has 28 heavy (non-hydrogen) atoms. The first-order valence-electron chi connectivity index (χ1n) is 9.70. The molecule has 3 aliphatic rings. The molecule has 4 rings (SSSR count). The van der Waals surface area contributed by atoms with E-state index in [-0.39, 0.29) is 30.8 Å². The van der Waals surface area contributed by atoms with Gasteiger partial charge in [0.25, 0.3) is 5.91 Å². The molecule has 1 aromatic rings. The fourth-order valence-electron chi connectivity index (χ4n) is 4.05. The third-order valence-corrected chi connectivity index (χ3v) is 5.52. The molecule has 8 nitrogen and oxygen atoms in total. The van der Waals surface area contributed by atoms with Crippen molar-refractivity contribution in [2.75, 3.05) is 26.3 Å². The smallest absolute Gasteiger partial charge is 0.325 e. The van der Waals surface area contributed by atoms with E-state index in [1.807, 2.05) is 23.1 Å². The van der Waals surface area contributed by atoms with Gasteiger partial charge in [-0.3, -0.25) is 14.5 Å². The van der Waals surface area contributed by atoms with Gasteiger partial charge in [0.15, 0.2) is 11.5 Å². The van der Waals surface area contributed by atoms with Crippen LogP contribution in [0.2, 0.25) is 0 Å². The number of urea groups is 1. The van der Waals surface area contributed by atoms with E-state index in [1.54, 1.807) is 13.8 Å². The second kappa shape index (κ2) is 7.00. The number of nitrogens with one attached hydrogen (secondary N) is 1. The number of hydrogen-bond acceptors (Lipinski definition) is 5. The van der Waals surface area contributed by atoms with Crippen LogP contribution in [0.4, 0.5) is 4.79 Å². The lowest BCUT2D eigenvalue weighted by molar-refractivity contribution is -0.133. The highest BCUT2D eigenvalue weighted by Crippen LogP contribution is 2.38. The number of benzene rings is 1. The largest absolute Gasteiger partial charge is 0.486 e. The highest BCUT2D eigenvalue weighted by Gasteiger charge is 2.44. The van der Waals surface area contributed by atoms with E-state index in [0.29, 0.717) is 25.5 Å². The van der Waals surface area contributed by atoms with Crippen molar-refractivity contribution < 1.29 is 23.9 Å². The van der Waals surface area contributed by atoms with E-state index < -0.39 is 11.6 Å². The van der Waals surface area contributed by atoms with Gasteiger partial charge < -0.3 is 19.7 Å². The first-order chi connectivity index (χ1) is 13.4. The summed E-state index contributed by atoms with van der Waals surface area (Å²) in [5.74, 6) is 1.09. The molecule has 1 aromatic carbocycles. The van der Waals surface area contributed by atoms with E-state index >= 15 is 0 Å². The molecule has 0 aromatic heterocycles. The second-order valence-corrected chi connectivity index (χ2v) is 7.91. The summed E-state index contributed by atoms with van der Waals surface area (Å²) in [5, 5.41) is 2.64. The number of carbonyl (C=O) groups excluding carboxylic acids is 3. The molecule has 0 aliphatic carbocycles. The zero-order valence-electron chi connectivity index (χ0n) is 16.2. The molecule has 0 spiro atoms. The van der Waals surface area contributed by atoms with Crippen molar-refractivity contribution >= 4 is 17.8 Å². The molecular formula is C20H25N3O5. The Morgan fingerprint density at radius 2 is 1.96 bits per heavy atom. The van der Waals surface area contributed by atoms with Crippen LogP contribution >= 0.6 is 0 Å². The van der Waals surface area contributed by atoms with Gasteiger partial charge in [-0.25, -0.2) is 4.79 Å². The first kappa shape index (κ1) is 18.6. The summed E-state index contributed by atoms with van der Waals surface area (Å²) >= 11 is 0. The van der Waals surface area contributed by atoms with Crippen molar-refractivity contribution in [1.82, 2.24) is 15.1 Å². The van der Waals surface area contributed by atoms with Crippen molar-refractivity contribution in [2.24, 2.45) is 0 Å². The molecule has 0 bridgehead atoms. The molecular weight excluding hydrogens is 362 g/mol. The number of amides is 4. The molecule has 4 amide bonds. The van der Waals surface area contributed by atoms with E-state index in [4.69, 9.17) is 9.47 Å². The van der Waals surface area contributed by atoms with E-state index in [1.165, 1.54) is 0 Å². The Morgan fingerprint density at radius 3 is 2.68 bits per heavy atom. The topological polar surface area (TPSA) is 88.2 Å². The molecule has 1 N–H and O–H groups in total. The highest BCUT2D eigenvalue weighted by molar-refractivity contribution is 6.06. The third-order valence-electron chi connectivity index (χ3n) is 5.52. The molecule has 1 atom stereocenters.